The Labute approximate surface area is 133 Å². The van der Waals surface area contributed by atoms with Gasteiger partial charge in [-0.15, -0.1) is 0 Å². The summed E-state index contributed by atoms with van der Waals surface area (Å²) in [6.45, 7) is 1.76. The van der Waals surface area contributed by atoms with Crippen LogP contribution in [0.15, 0.2) is 36.4 Å². The van der Waals surface area contributed by atoms with E-state index in [4.69, 9.17) is 32.7 Å². The summed E-state index contributed by atoms with van der Waals surface area (Å²) in [7, 11) is 1.53. The summed E-state index contributed by atoms with van der Waals surface area (Å²) in [5.41, 5.74) is 1.35. The van der Waals surface area contributed by atoms with Crippen LogP contribution in [-0.2, 0) is 6.61 Å². The molecule has 2 aromatic carbocycles. The van der Waals surface area contributed by atoms with Crippen molar-refractivity contribution in [1.29, 1.82) is 0 Å². The van der Waals surface area contributed by atoms with Crippen LogP contribution in [0.5, 0.6) is 11.5 Å². The smallest absolute Gasteiger partial charge is 0.161 e. The number of hydrogen-bond acceptors (Lipinski definition) is 3. The van der Waals surface area contributed by atoms with Gasteiger partial charge < -0.3 is 9.47 Å². The molecule has 5 heteroatoms. The van der Waals surface area contributed by atoms with Gasteiger partial charge in [0.2, 0.25) is 0 Å². The van der Waals surface area contributed by atoms with Gasteiger partial charge in [0.1, 0.15) is 6.61 Å². The Kier molecular flexibility index (Phi) is 5.10. The number of carbonyl (C=O) groups is 1. The molecule has 0 amide bonds. The predicted octanol–water partition coefficient (Wildman–Crippen LogP) is 4.78. The zero-order valence-corrected chi connectivity index (χ0v) is 13.2. The molecule has 110 valence electrons. The highest BCUT2D eigenvalue weighted by Gasteiger charge is 2.09. The van der Waals surface area contributed by atoms with E-state index < -0.39 is 0 Å². The molecule has 0 saturated heterocycles. The highest BCUT2D eigenvalue weighted by atomic mass is 35.5. The van der Waals surface area contributed by atoms with Crippen molar-refractivity contribution in [2.45, 2.75) is 13.5 Å². The van der Waals surface area contributed by atoms with Gasteiger partial charge in [0.15, 0.2) is 17.3 Å². The highest BCUT2D eigenvalue weighted by Crippen LogP contribution is 2.30. The molecule has 0 atom stereocenters. The first-order chi connectivity index (χ1) is 10.0. The Balaban J connectivity index is 2.19. The number of ether oxygens (including phenoxy) is 2. The molecule has 0 heterocycles. The van der Waals surface area contributed by atoms with Crippen molar-refractivity contribution >= 4 is 29.0 Å². The zero-order valence-electron chi connectivity index (χ0n) is 11.7. The Morgan fingerprint density at radius 2 is 1.86 bits per heavy atom. The second-order valence-electron chi connectivity index (χ2n) is 4.45. The van der Waals surface area contributed by atoms with Crippen LogP contribution in [0.25, 0.3) is 0 Å². The molecule has 0 unspecified atom stereocenters. The largest absolute Gasteiger partial charge is 0.493 e. The Morgan fingerprint density at radius 1 is 1.10 bits per heavy atom. The van der Waals surface area contributed by atoms with Crippen molar-refractivity contribution in [3.63, 3.8) is 0 Å². The van der Waals surface area contributed by atoms with Gasteiger partial charge in [0.25, 0.3) is 0 Å². The standard InChI is InChI=1S/C16H14Cl2O3/c1-10(19)11-3-6-15(16(8-11)20-2)21-9-12-7-13(17)4-5-14(12)18/h3-8H,9H2,1-2H3. The van der Waals surface area contributed by atoms with Gasteiger partial charge >= 0.3 is 0 Å². The van der Waals surface area contributed by atoms with E-state index in [0.717, 1.165) is 5.56 Å². The molecule has 0 aliphatic rings. The van der Waals surface area contributed by atoms with Crippen molar-refractivity contribution in [3.05, 3.63) is 57.6 Å². The number of ketones is 1. The molecule has 0 radical (unpaired) electrons. The molecule has 0 N–H and O–H groups in total. The SMILES string of the molecule is COc1cc(C(C)=O)ccc1OCc1cc(Cl)ccc1Cl. The molecule has 0 fully saturated rings. The maximum Gasteiger partial charge on any atom is 0.161 e. The van der Waals surface area contributed by atoms with Crippen LogP contribution in [-0.4, -0.2) is 12.9 Å². The number of hydrogen-bond donors (Lipinski definition) is 0. The van der Waals surface area contributed by atoms with E-state index in [2.05, 4.69) is 0 Å². The van der Waals surface area contributed by atoms with Crippen LogP contribution in [0.2, 0.25) is 10.0 Å². The first-order valence-corrected chi connectivity index (χ1v) is 7.02. The Hall–Kier alpha value is -1.71. The fraction of sp³-hybridized carbons (Fsp3) is 0.188. The van der Waals surface area contributed by atoms with Crippen LogP contribution in [0.1, 0.15) is 22.8 Å². The summed E-state index contributed by atoms with van der Waals surface area (Å²) >= 11 is 12.0. The van der Waals surface area contributed by atoms with Crippen LogP contribution >= 0.6 is 23.2 Å². The molecule has 0 bridgehead atoms. The number of rotatable bonds is 5. The molecule has 0 spiro atoms. The van der Waals surface area contributed by atoms with E-state index in [0.29, 0.717) is 27.1 Å². The molecule has 21 heavy (non-hydrogen) atoms. The Bertz CT molecular complexity index is 669. The predicted molar refractivity (Wildman–Crippen MR) is 83.8 cm³/mol. The third kappa shape index (κ3) is 3.90. The van der Waals surface area contributed by atoms with Gasteiger partial charge in [-0.05, 0) is 43.3 Å². The molecule has 0 saturated carbocycles. The zero-order chi connectivity index (χ0) is 15.4. The summed E-state index contributed by atoms with van der Waals surface area (Å²) < 4.78 is 10.9. The second kappa shape index (κ2) is 6.83. The number of Topliss-reactive ketones (excluding diaryl/α,β-unsaturated/α-hetero) is 1. The van der Waals surface area contributed by atoms with Crippen molar-refractivity contribution in [3.8, 4) is 11.5 Å². The summed E-state index contributed by atoms with van der Waals surface area (Å²) in [6.07, 6.45) is 0. The number of carbonyl (C=O) groups excluding carboxylic acids is 1. The fourth-order valence-electron chi connectivity index (χ4n) is 1.82. The maximum absolute atomic E-state index is 11.4. The third-order valence-corrected chi connectivity index (χ3v) is 3.56. The van der Waals surface area contributed by atoms with Crippen molar-refractivity contribution in [2.75, 3.05) is 7.11 Å². The molecule has 0 aliphatic heterocycles. The number of benzene rings is 2. The van der Waals surface area contributed by atoms with Crippen molar-refractivity contribution in [2.24, 2.45) is 0 Å². The average molecular weight is 325 g/mol. The highest BCUT2D eigenvalue weighted by molar-refractivity contribution is 6.33. The van der Waals surface area contributed by atoms with Gasteiger partial charge in [0.05, 0.1) is 7.11 Å². The summed E-state index contributed by atoms with van der Waals surface area (Å²) in [5.74, 6) is 1.01. The van der Waals surface area contributed by atoms with Gasteiger partial charge in [-0.1, -0.05) is 23.2 Å². The molecule has 3 nitrogen and oxygen atoms in total. The van der Waals surface area contributed by atoms with Crippen LogP contribution in [0.3, 0.4) is 0 Å². The van der Waals surface area contributed by atoms with E-state index in [1.165, 1.54) is 14.0 Å². The van der Waals surface area contributed by atoms with Crippen molar-refractivity contribution in [1.82, 2.24) is 0 Å². The topological polar surface area (TPSA) is 35.5 Å². The van der Waals surface area contributed by atoms with Gasteiger partial charge in [0, 0.05) is 21.2 Å². The normalized spacial score (nSPS) is 10.3. The van der Waals surface area contributed by atoms with E-state index in [-0.39, 0.29) is 12.4 Å². The minimum atomic E-state index is -0.0299. The first kappa shape index (κ1) is 15.7. The number of methoxy groups -OCH3 is 1. The molecular formula is C16H14Cl2O3. The Morgan fingerprint density at radius 3 is 2.52 bits per heavy atom. The first-order valence-electron chi connectivity index (χ1n) is 6.27. The quantitative estimate of drug-likeness (QED) is 0.742. The fourth-order valence-corrected chi connectivity index (χ4v) is 2.18. The maximum atomic E-state index is 11.4. The van der Waals surface area contributed by atoms with E-state index in [9.17, 15) is 4.79 Å². The summed E-state index contributed by atoms with van der Waals surface area (Å²) in [4.78, 5) is 11.4. The molecule has 2 rings (SSSR count). The average Bonchev–Trinajstić information content (AvgIpc) is 2.47. The van der Waals surface area contributed by atoms with Crippen LogP contribution in [0, 0.1) is 0 Å². The van der Waals surface area contributed by atoms with Gasteiger partial charge in [-0.2, -0.15) is 0 Å². The minimum absolute atomic E-state index is 0.0299. The molecule has 2 aromatic rings. The van der Waals surface area contributed by atoms with Gasteiger partial charge in [-0.25, -0.2) is 0 Å². The van der Waals surface area contributed by atoms with E-state index in [1.54, 1.807) is 36.4 Å². The lowest BCUT2D eigenvalue weighted by atomic mass is 10.1. The van der Waals surface area contributed by atoms with Crippen LogP contribution in [0.4, 0.5) is 0 Å². The van der Waals surface area contributed by atoms with E-state index >= 15 is 0 Å². The van der Waals surface area contributed by atoms with Gasteiger partial charge in [-0.3, -0.25) is 4.79 Å². The summed E-state index contributed by atoms with van der Waals surface area (Å²) in [6, 6.07) is 10.2. The van der Waals surface area contributed by atoms with Crippen LogP contribution < -0.4 is 9.47 Å². The van der Waals surface area contributed by atoms with E-state index in [1.807, 2.05) is 0 Å². The number of halogens is 2. The lowest BCUT2D eigenvalue weighted by Gasteiger charge is -2.12. The molecular weight excluding hydrogens is 311 g/mol. The lowest BCUT2D eigenvalue weighted by molar-refractivity contribution is 0.101. The third-order valence-electron chi connectivity index (χ3n) is 2.96. The lowest BCUT2D eigenvalue weighted by Crippen LogP contribution is -2.00. The second-order valence-corrected chi connectivity index (χ2v) is 5.29. The molecule has 0 aromatic heterocycles. The summed E-state index contributed by atoms with van der Waals surface area (Å²) in [5, 5.41) is 1.18. The van der Waals surface area contributed by atoms with Crippen molar-refractivity contribution < 1.29 is 14.3 Å². The molecule has 0 aliphatic carbocycles. The minimum Gasteiger partial charge on any atom is -0.493 e. The monoisotopic (exact) mass is 324 g/mol.